The molecule has 0 amide bonds. The molecule has 0 N–H and O–H groups in total. The van der Waals surface area contributed by atoms with Crippen LogP contribution in [-0.4, -0.2) is 37.2 Å². The fourth-order valence-corrected chi connectivity index (χ4v) is 9.25. The van der Waals surface area contributed by atoms with Crippen LogP contribution < -0.4 is 0 Å². The number of esters is 3. The molecule has 0 bridgehead atoms. The van der Waals surface area contributed by atoms with Crippen molar-refractivity contribution in [3.05, 3.63) is 85.1 Å². The maximum Gasteiger partial charge on any atom is 0.306 e. The van der Waals surface area contributed by atoms with E-state index in [4.69, 9.17) is 14.2 Å². The molecule has 0 fully saturated rings. The molecule has 0 aliphatic heterocycles. The SMILES string of the molecule is CC/C=C\C/C=C\C/C=C\C/C=C\C/C=C\C/C=C\CCCCCCCCCCC(=O)OCC(COC(=O)CCCCCCC/C=C\CCCC)OC(=O)CCCCCCCCCCCCCCCCCCCCCC. The van der Waals surface area contributed by atoms with E-state index in [0.717, 1.165) is 109 Å². The van der Waals surface area contributed by atoms with Crippen molar-refractivity contribution in [2.75, 3.05) is 13.2 Å². The molecule has 6 nitrogen and oxygen atoms in total. The monoisotopic (exact) mass is 1060 g/mol. The van der Waals surface area contributed by atoms with Crippen molar-refractivity contribution in [1.29, 1.82) is 0 Å². The summed E-state index contributed by atoms with van der Waals surface area (Å²) in [5.74, 6) is -0.883. The summed E-state index contributed by atoms with van der Waals surface area (Å²) < 4.78 is 16.9. The Balaban J connectivity index is 4.27. The number of carbonyl (C=O) groups is 3. The smallest absolute Gasteiger partial charge is 0.306 e. The Kier molecular flexibility index (Phi) is 61.2. The molecule has 0 aliphatic rings. The highest BCUT2D eigenvalue weighted by atomic mass is 16.6. The van der Waals surface area contributed by atoms with Gasteiger partial charge in [-0.05, 0) is 89.9 Å². The highest BCUT2D eigenvalue weighted by molar-refractivity contribution is 5.71. The van der Waals surface area contributed by atoms with Gasteiger partial charge in [-0.1, -0.05) is 298 Å². The molecule has 0 saturated heterocycles. The van der Waals surface area contributed by atoms with Crippen molar-refractivity contribution in [1.82, 2.24) is 0 Å². The van der Waals surface area contributed by atoms with Crippen LogP contribution in [0.5, 0.6) is 0 Å². The lowest BCUT2D eigenvalue weighted by Crippen LogP contribution is -2.30. The maximum absolute atomic E-state index is 12.9. The quantitative estimate of drug-likeness (QED) is 0.0261. The lowest BCUT2D eigenvalue weighted by Gasteiger charge is -2.18. The number of hydrogen-bond acceptors (Lipinski definition) is 6. The van der Waals surface area contributed by atoms with E-state index in [1.54, 1.807) is 0 Å². The van der Waals surface area contributed by atoms with Gasteiger partial charge in [0.15, 0.2) is 6.10 Å². The van der Waals surface area contributed by atoms with Crippen LogP contribution in [0.25, 0.3) is 0 Å². The molecule has 1 unspecified atom stereocenters. The summed E-state index contributed by atoms with van der Waals surface area (Å²) in [6.07, 6.45) is 84.5. The van der Waals surface area contributed by atoms with E-state index in [2.05, 4.69) is 106 Å². The first kappa shape index (κ1) is 72.6. The zero-order valence-corrected chi connectivity index (χ0v) is 50.3. The standard InChI is InChI=1S/C70H122O6/c1-4-7-10-13-16-19-22-24-26-28-30-32-33-34-35-36-37-38-40-41-43-45-48-51-54-57-60-63-69(72)75-66-67(65-74-68(71)62-59-56-53-50-47-21-18-15-12-9-6-3)76-70(73)64-61-58-55-52-49-46-44-42-39-31-29-27-25-23-20-17-14-11-8-5-2/h7,10,15-16,18-19,24,26,30,32,34-35,37-38,67H,4-6,8-9,11-14,17,20-23,25,27-29,31,33,36,39-66H2,1-3H3/b10-7-,18-15-,19-16-,26-24-,32-30-,35-34-,38-37-. The van der Waals surface area contributed by atoms with E-state index >= 15 is 0 Å². The molecular formula is C70H122O6. The molecule has 0 aromatic heterocycles. The van der Waals surface area contributed by atoms with Crippen LogP contribution in [-0.2, 0) is 28.6 Å². The van der Waals surface area contributed by atoms with Gasteiger partial charge in [-0.2, -0.15) is 0 Å². The largest absolute Gasteiger partial charge is 0.462 e. The van der Waals surface area contributed by atoms with Crippen molar-refractivity contribution in [3.8, 4) is 0 Å². The van der Waals surface area contributed by atoms with Crippen molar-refractivity contribution in [3.63, 3.8) is 0 Å². The average Bonchev–Trinajstić information content (AvgIpc) is 3.42. The lowest BCUT2D eigenvalue weighted by molar-refractivity contribution is -0.167. The minimum absolute atomic E-state index is 0.0805. The van der Waals surface area contributed by atoms with Gasteiger partial charge in [-0.15, -0.1) is 0 Å². The molecule has 0 aromatic rings. The molecular weight excluding hydrogens is 937 g/mol. The molecule has 0 heterocycles. The molecule has 6 heteroatoms. The Bertz CT molecular complexity index is 1450. The van der Waals surface area contributed by atoms with Gasteiger partial charge in [0, 0.05) is 19.3 Å². The molecule has 0 aliphatic carbocycles. The van der Waals surface area contributed by atoms with Crippen LogP contribution in [0.2, 0.25) is 0 Å². The van der Waals surface area contributed by atoms with Crippen molar-refractivity contribution in [2.24, 2.45) is 0 Å². The summed E-state index contributed by atoms with van der Waals surface area (Å²) in [6, 6.07) is 0. The topological polar surface area (TPSA) is 78.9 Å². The first-order chi connectivity index (χ1) is 37.5. The lowest BCUT2D eigenvalue weighted by atomic mass is 10.0. The molecule has 76 heavy (non-hydrogen) atoms. The van der Waals surface area contributed by atoms with Gasteiger partial charge in [0.1, 0.15) is 13.2 Å². The maximum atomic E-state index is 12.9. The van der Waals surface area contributed by atoms with Crippen molar-refractivity contribution >= 4 is 17.9 Å². The average molecular weight is 1060 g/mol. The van der Waals surface area contributed by atoms with E-state index < -0.39 is 6.10 Å². The summed E-state index contributed by atoms with van der Waals surface area (Å²) in [5, 5.41) is 0. The minimum atomic E-state index is -0.782. The Morgan fingerprint density at radius 3 is 0.855 bits per heavy atom. The van der Waals surface area contributed by atoms with E-state index in [1.807, 2.05) is 0 Å². The Morgan fingerprint density at radius 1 is 0.276 bits per heavy atom. The highest BCUT2D eigenvalue weighted by Gasteiger charge is 2.19. The van der Waals surface area contributed by atoms with Gasteiger partial charge in [-0.25, -0.2) is 0 Å². The second-order valence-electron chi connectivity index (χ2n) is 21.6. The Labute approximate surface area is 471 Å². The fraction of sp³-hybridized carbons (Fsp3) is 0.757. The Morgan fingerprint density at radius 2 is 0.526 bits per heavy atom. The summed E-state index contributed by atoms with van der Waals surface area (Å²) >= 11 is 0. The predicted octanol–water partition coefficient (Wildman–Crippen LogP) is 22.3. The van der Waals surface area contributed by atoms with Crippen LogP contribution in [0.15, 0.2) is 85.1 Å². The summed E-state index contributed by atoms with van der Waals surface area (Å²) in [5.41, 5.74) is 0. The number of allylic oxidation sites excluding steroid dienone is 14. The first-order valence-electron chi connectivity index (χ1n) is 32.6. The third-order valence-corrected chi connectivity index (χ3v) is 14.1. The third-order valence-electron chi connectivity index (χ3n) is 14.1. The van der Waals surface area contributed by atoms with E-state index in [1.165, 1.54) is 173 Å². The van der Waals surface area contributed by atoms with Gasteiger partial charge >= 0.3 is 17.9 Å². The van der Waals surface area contributed by atoms with Crippen molar-refractivity contribution < 1.29 is 28.6 Å². The summed E-state index contributed by atoms with van der Waals surface area (Å²) in [7, 11) is 0. The first-order valence-corrected chi connectivity index (χ1v) is 32.6. The predicted molar refractivity (Wildman–Crippen MR) is 330 cm³/mol. The van der Waals surface area contributed by atoms with Gasteiger partial charge in [0.2, 0.25) is 0 Å². The van der Waals surface area contributed by atoms with Gasteiger partial charge in [-0.3, -0.25) is 14.4 Å². The third kappa shape index (κ3) is 61.4. The van der Waals surface area contributed by atoms with Crippen LogP contribution in [0, 0.1) is 0 Å². The number of hydrogen-bond donors (Lipinski definition) is 0. The van der Waals surface area contributed by atoms with Crippen LogP contribution in [0.1, 0.15) is 323 Å². The molecule has 0 rings (SSSR count). The second-order valence-corrected chi connectivity index (χ2v) is 21.6. The van der Waals surface area contributed by atoms with E-state index in [9.17, 15) is 14.4 Å². The summed E-state index contributed by atoms with van der Waals surface area (Å²) in [4.78, 5) is 38.3. The van der Waals surface area contributed by atoms with Gasteiger partial charge in [0.05, 0.1) is 0 Å². The summed E-state index contributed by atoms with van der Waals surface area (Å²) in [6.45, 7) is 6.51. The molecule has 0 aromatic carbocycles. The molecule has 438 valence electrons. The van der Waals surface area contributed by atoms with Crippen LogP contribution in [0.3, 0.4) is 0 Å². The number of rotatable bonds is 59. The molecule has 1 atom stereocenters. The normalized spacial score (nSPS) is 12.6. The minimum Gasteiger partial charge on any atom is -0.462 e. The van der Waals surface area contributed by atoms with Gasteiger partial charge < -0.3 is 14.2 Å². The van der Waals surface area contributed by atoms with Crippen molar-refractivity contribution in [2.45, 2.75) is 329 Å². The van der Waals surface area contributed by atoms with E-state index in [-0.39, 0.29) is 31.1 Å². The molecule has 0 radical (unpaired) electrons. The zero-order chi connectivity index (χ0) is 55.0. The van der Waals surface area contributed by atoms with Crippen LogP contribution >= 0.6 is 0 Å². The number of carbonyl (C=O) groups excluding carboxylic acids is 3. The number of ether oxygens (including phenoxy) is 3. The van der Waals surface area contributed by atoms with Crippen LogP contribution in [0.4, 0.5) is 0 Å². The number of unbranched alkanes of at least 4 members (excludes halogenated alkanes) is 34. The van der Waals surface area contributed by atoms with E-state index in [0.29, 0.717) is 19.3 Å². The molecule has 0 saturated carbocycles. The molecule has 0 spiro atoms. The zero-order valence-electron chi connectivity index (χ0n) is 50.3. The van der Waals surface area contributed by atoms with Gasteiger partial charge in [0.25, 0.3) is 0 Å². The Hall–Kier alpha value is -3.41. The second kappa shape index (κ2) is 64.1. The highest BCUT2D eigenvalue weighted by Crippen LogP contribution is 2.17. The fourth-order valence-electron chi connectivity index (χ4n) is 9.25.